The van der Waals surface area contributed by atoms with Gasteiger partial charge in [-0.3, -0.25) is 0 Å². The summed E-state index contributed by atoms with van der Waals surface area (Å²) in [7, 11) is 1.35. The van der Waals surface area contributed by atoms with Gasteiger partial charge < -0.3 is 10.1 Å². The van der Waals surface area contributed by atoms with Crippen LogP contribution in [0.15, 0.2) is 41.0 Å². The van der Waals surface area contributed by atoms with Crippen LogP contribution in [-0.2, 0) is 9.53 Å². The molecule has 0 amide bonds. The SMILES string of the molecule is COC(=O)C1=CNC(SC)=NC1c1cccc(Cl)c1. The molecule has 0 bridgehead atoms. The van der Waals surface area contributed by atoms with Crippen LogP contribution in [0.2, 0.25) is 5.02 Å². The summed E-state index contributed by atoms with van der Waals surface area (Å²) >= 11 is 7.47. The van der Waals surface area contributed by atoms with Crippen LogP contribution >= 0.6 is 23.4 Å². The summed E-state index contributed by atoms with van der Waals surface area (Å²) in [5.74, 6) is -0.402. The summed E-state index contributed by atoms with van der Waals surface area (Å²) in [6.45, 7) is 0. The third-order valence-electron chi connectivity index (χ3n) is 2.67. The number of thioether (sulfide) groups is 1. The number of amidine groups is 1. The summed E-state index contributed by atoms with van der Waals surface area (Å²) in [5.41, 5.74) is 1.32. The minimum Gasteiger partial charge on any atom is -0.466 e. The van der Waals surface area contributed by atoms with E-state index in [0.29, 0.717) is 10.6 Å². The van der Waals surface area contributed by atoms with Crippen LogP contribution in [0.4, 0.5) is 0 Å². The molecular formula is C13H13ClN2O2S. The van der Waals surface area contributed by atoms with E-state index >= 15 is 0 Å². The zero-order chi connectivity index (χ0) is 13.8. The number of esters is 1. The number of methoxy groups -OCH3 is 1. The second-order valence-corrected chi connectivity index (χ2v) is 5.06. The third-order valence-corrected chi connectivity index (χ3v) is 3.52. The van der Waals surface area contributed by atoms with Crippen LogP contribution in [0.3, 0.4) is 0 Å². The van der Waals surface area contributed by atoms with Gasteiger partial charge in [0.1, 0.15) is 6.04 Å². The van der Waals surface area contributed by atoms with E-state index in [9.17, 15) is 4.79 Å². The first kappa shape index (κ1) is 14.0. The van der Waals surface area contributed by atoms with Gasteiger partial charge in [0.05, 0.1) is 12.7 Å². The average Bonchev–Trinajstić information content (AvgIpc) is 2.45. The lowest BCUT2D eigenvalue weighted by Gasteiger charge is -2.21. The first-order chi connectivity index (χ1) is 9.15. The monoisotopic (exact) mass is 296 g/mol. The Kier molecular flexibility index (Phi) is 4.50. The molecule has 0 radical (unpaired) electrons. The molecule has 1 N–H and O–H groups in total. The van der Waals surface area contributed by atoms with E-state index in [2.05, 4.69) is 10.3 Å². The average molecular weight is 297 g/mol. The van der Waals surface area contributed by atoms with Crippen LogP contribution in [0.1, 0.15) is 11.6 Å². The molecule has 4 nitrogen and oxygen atoms in total. The Balaban J connectivity index is 2.41. The highest BCUT2D eigenvalue weighted by molar-refractivity contribution is 8.13. The lowest BCUT2D eigenvalue weighted by molar-refractivity contribution is -0.136. The number of carbonyl (C=O) groups excluding carboxylic acids is 1. The van der Waals surface area contributed by atoms with E-state index in [1.807, 2.05) is 18.4 Å². The molecule has 0 aromatic heterocycles. The highest BCUT2D eigenvalue weighted by atomic mass is 35.5. The van der Waals surface area contributed by atoms with Gasteiger partial charge >= 0.3 is 5.97 Å². The standard InChI is InChI=1S/C13H13ClN2O2S/c1-18-12(17)10-7-15-13(19-2)16-11(10)8-4-3-5-9(14)6-8/h3-7,11H,1-2H3,(H,15,16). The number of aliphatic imine (C=N–C) groups is 1. The van der Waals surface area contributed by atoms with Crippen LogP contribution in [0.5, 0.6) is 0 Å². The Labute approximate surface area is 120 Å². The molecule has 19 heavy (non-hydrogen) atoms. The minimum absolute atomic E-state index is 0.394. The Bertz CT molecular complexity index is 557. The van der Waals surface area contributed by atoms with Crippen LogP contribution in [0.25, 0.3) is 0 Å². The fourth-order valence-corrected chi connectivity index (χ4v) is 2.36. The maximum atomic E-state index is 11.8. The number of halogens is 1. The number of nitrogens with one attached hydrogen (secondary N) is 1. The van der Waals surface area contributed by atoms with E-state index in [1.54, 1.807) is 18.3 Å². The van der Waals surface area contributed by atoms with Gasteiger partial charge in [0, 0.05) is 11.2 Å². The molecule has 1 aliphatic heterocycles. The molecule has 2 rings (SSSR count). The van der Waals surface area contributed by atoms with E-state index in [0.717, 1.165) is 10.7 Å². The highest BCUT2D eigenvalue weighted by Gasteiger charge is 2.26. The summed E-state index contributed by atoms with van der Waals surface area (Å²) in [6, 6.07) is 6.92. The zero-order valence-corrected chi connectivity index (χ0v) is 12.1. The van der Waals surface area contributed by atoms with Crippen molar-refractivity contribution in [3.8, 4) is 0 Å². The number of rotatable bonds is 2. The third kappa shape index (κ3) is 3.11. The Morgan fingerprint density at radius 3 is 2.95 bits per heavy atom. The van der Waals surface area contributed by atoms with Crippen molar-refractivity contribution in [2.24, 2.45) is 4.99 Å². The highest BCUT2D eigenvalue weighted by Crippen LogP contribution is 2.31. The van der Waals surface area contributed by atoms with Gasteiger partial charge in [0.25, 0.3) is 0 Å². The van der Waals surface area contributed by atoms with Crippen molar-refractivity contribution in [3.05, 3.63) is 46.6 Å². The van der Waals surface area contributed by atoms with E-state index in [1.165, 1.54) is 18.9 Å². The quantitative estimate of drug-likeness (QED) is 0.853. The molecule has 0 fully saturated rings. The summed E-state index contributed by atoms with van der Waals surface area (Å²) in [5, 5.41) is 4.33. The molecule has 0 aliphatic carbocycles. The lowest BCUT2D eigenvalue weighted by Crippen LogP contribution is -2.25. The molecule has 0 saturated heterocycles. The number of benzene rings is 1. The van der Waals surface area contributed by atoms with Gasteiger partial charge in [-0.05, 0) is 24.0 Å². The Morgan fingerprint density at radius 2 is 2.32 bits per heavy atom. The number of hydrogen-bond acceptors (Lipinski definition) is 5. The molecule has 0 spiro atoms. The number of hydrogen-bond donors (Lipinski definition) is 1. The summed E-state index contributed by atoms with van der Waals surface area (Å²) in [4.78, 5) is 16.3. The van der Waals surface area contributed by atoms with Gasteiger partial charge in [-0.1, -0.05) is 35.5 Å². The molecule has 1 atom stereocenters. The molecule has 1 aromatic carbocycles. The number of carbonyl (C=O) groups is 1. The normalized spacial score (nSPS) is 18.2. The predicted molar refractivity (Wildman–Crippen MR) is 78.4 cm³/mol. The molecule has 100 valence electrons. The number of ether oxygens (including phenoxy) is 1. The maximum absolute atomic E-state index is 11.8. The first-order valence-electron chi connectivity index (χ1n) is 5.58. The van der Waals surface area contributed by atoms with E-state index < -0.39 is 12.0 Å². The molecule has 1 unspecified atom stereocenters. The molecular weight excluding hydrogens is 284 g/mol. The topological polar surface area (TPSA) is 50.7 Å². The minimum atomic E-state index is -0.402. The van der Waals surface area contributed by atoms with Crippen LogP contribution in [0, 0.1) is 0 Å². The lowest BCUT2D eigenvalue weighted by atomic mass is 9.99. The largest absolute Gasteiger partial charge is 0.466 e. The van der Waals surface area contributed by atoms with E-state index in [-0.39, 0.29) is 0 Å². The second-order valence-electron chi connectivity index (χ2n) is 3.83. The van der Waals surface area contributed by atoms with Crippen LogP contribution in [-0.4, -0.2) is 24.5 Å². The van der Waals surface area contributed by atoms with Crippen LogP contribution < -0.4 is 5.32 Å². The van der Waals surface area contributed by atoms with Gasteiger partial charge in [-0.15, -0.1) is 0 Å². The van der Waals surface area contributed by atoms with Crippen molar-refractivity contribution in [1.82, 2.24) is 5.32 Å². The predicted octanol–water partition coefficient (Wildman–Crippen LogP) is 2.76. The molecule has 6 heteroatoms. The van der Waals surface area contributed by atoms with Gasteiger partial charge in [-0.25, -0.2) is 9.79 Å². The summed E-state index contributed by atoms with van der Waals surface area (Å²) < 4.78 is 4.78. The second kappa shape index (κ2) is 6.12. The van der Waals surface area contributed by atoms with E-state index in [4.69, 9.17) is 16.3 Å². The van der Waals surface area contributed by atoms with Gasteiger partial charge in [0.2, 0.25) is 0 Å². The van der Waals surface area contributed by atoms with Gasteiger partial charge in [0.15, 0.2) is 5.17 Å². The fourth-order valence-electron chi connectivity index (χ4n) is 1.77. The fraction of sp³-hybridized carbons (Fsp3) is 0.231. The Morgan fingerprint density at radius 1 is 1.53 bits per heavy atom. The smallest absolute Gasteiger partial charge is 0.337 e. The number of nitrogens with zero attached hydrogens (tertiary/aromatic N) is 1. The summed E-state index contributed by atoms with van der Waals surface area (Å²) in [6.07, 6.45) is 3.55. The van der Waals surface area contributed by atoms with Crippen molar-refractivity contribution < 1.29 is 9.53 Å². The van der Waals surface area contributed by atoms with Gasteiger partial charge in [-0.2, -0.15) is 0 Å². The molecule has 1 heterocycles. The van der Waals surface area contributed by atoms with Crippen molar-refractivity contribution in [3.63, 3.8) is 0 Å². The van der Waals surface area contributed by atoms with Crippen molar-refractivity contribution >= 4 is 34.5 Å². The zero-order valence-electron chi connectivity index (χ0n) is 10.5. The molecule has 1 aromatic rings. The Hall–Kier alpha value is -1.46. The maximum Gasteiger partial charge on any atom is 0.337 e. The molecule has 0 saturated carbocycles. The van der Waals surface area contributed by atoms with Crippen molar-refractivity contribution in [2.75, 3.05) is 13.4 Å². The van der Waals surface area contributed by atoms with Crippen molar-refractivity contribution in [1.29, 1.82) is 0 Å². The van der Waals surface area contributed by atoms with Crippen molar-refractivity contribution in [2.45, 2.75) is 6.04 Å². The molecule has 1 aliphatic rings. The first-order valence-corrected chi connectivity index (χ1v) is 7.18.